The molecule has 1 saturated heterocycles. The highest BCUT2D eigenvalue weighted by Gasteiger charge is 2.24. The van der Waals surface area contributed by atoms with E-state index in [1.807, 2.05) is 13.8 Å². The van der Waals surface area contributed by atoms with Crippen LogP contribution in [0.15, 0.2) is 0 Å². The number of aryl methyl sites for hydroxylation is 2. The first-order valence-corrected chi connectivity index (χ1v) is 6.99. The Kier molecular flexibility index (Phi) is 3.88. The minimum Gasteiger partial charge on any atom is -0.340 e. The van der Waals surface area contributed by atoms with E-state index >= 15 is 0 Å². The number of anilines is 1. The van der Waals surface area contributed by atoms with E-state index in [9.17, 15) is 4.79 Å². The lowest BCUT2D eigenvalue weighted by molar-refractivity contribution is 0.101. The topological polar surface area (TPSA) is 46.1 Å². The number of ketones is 1. The molecule has 0 aromatic carbocycles. The van der Waals surface area contributed by atoms with Gasteiger partial charge < -0.3 is 4.90 Å². The third-order valence-electron chi connectivity index (χ3n) is 3.76. The second-order valence-electron chi connectivity index (χ2n) is 5.98. The van der Waals surface area contributed by atoms with Crippen LogP contribution in [0.5, 0.6) is 0 Å². The number of hydrogen-bond acceptors (Lipinski definition) is 4. The predicted molar refractivity (Wildman–Crippen MR) is 76.7 cm³/mol. The monoisotopic (exact) mass is 261 g/mol. The smallest absolute Gasteiger partial charge is 0.225 e. The molecule has 1 fully saturated rings. The van der Waals surface area contributed by atoms with Crippen molar-refractivity contribution in [2.24, 2.45) is 11.8 Å². The first kappa shape index (κ1) is 14.0. The molecule has 0 radical (unpaired) electrons. The van der Waals surface area contributed by atoms with Crippen molar-refractivity contribution in [2.75, 3.05) is 18.0 Å². The maximum Gasteiger partial charge on any atom is 0.225 e. The van der Waals surface area contributed by atoms with Gasteiger partial charge in [-0.25, -0.2) is 9.97 Å². The van der Waals surface area contributed by atoms with Crippen molar-refractivity contribution in [3.63, 3.8) is 0 Å². The molecule has 2 rings (SSSR count). The van der Waals surface area contributed by atoms with E-state index in [0.717, 1.165) is 30.4 Å². The molecular weight excluding hydrogens is 238 g/mol. The van der Waals surface area contributed by atoms with Gasteiger partial charge in [0.25, 0.3) is 0 Å². The lowest BCUT2D eigenvalue weighted by atomic mass is 9.92. The number of piperidine rings is 1. The van der Waals surface area contributed by atoms with E-state index in [-0.39, 0.29) is 5.78 Å². The molecule has 1 aromatic heterocycles. The summed E-state index contributed by atoms with van der Waals surface area (Å²) in [4.78, 5) is 22.9. The van der Waals surface area contributed by atoms with Gasteiger partial charge in [0.1, 0.15) is 0 Å². The number of carbonyl (C=O) groups is 1. The van der Waals surface area contributed by atoms with Crippen LogP contribution in [0.3, 0.4) is 0 Å². The molecule has 1 aromatic rings. The van der Waals surface area contributed by atoms with Crippen LogP contribution in [0.2, 0.25) is 0 Å². The van der Waals surface area contributed by atoms with Crippen LogP contribution in [0.25, 0.3) is 0 Å². The lowest BCUT2D eigenvalue weighted by Gasteiger charge is -2.35. The minimum atomic E-state index is 0.0435. The number of hydrogen-bond donors (Lipinski definition) is 0. The Labute approximate surface area is 115 Å². The molecule has 0 N–H and O–H groups in total. The average Bonchev–Trinajstić information content (AvgIpc) is 2.25. The number of Topliss-reactive ketones (excluding diaryl/α,β-unsaturated/α-hetero) is 1. The second-order valence-corrected chi connectivity index (χ2v) is 5.98. The highest BCUT2D eigenvalue weighted by molar-refractivity contribution is 5.96. The first-order valence-electron chi connectivity index (χ1n) is 6.99. The summed E-state index contributed by atoms with van der Waals surface area (Å²) >= 11 is 0. The summed E-state index contributed by atoms with van der Waals surface area (Å²) in [5, 5.41) is 0. The van der Waals surface area contributed by atoms with E-state index in [1.165, 1.54) is 6.42 Å². The number of carbonyl (C=O) groups excluding carboxylic acids is 1. The van der Waals surface area contributed by atoms with Crippen molar-refractivity contribution >= 4 is 11.7 Å². The summed E-state index contributed by atoms with van der Waals surface area (Å²) < 4.78 is 0. The van der Waals surface area contributed by atoms with Gasteiger partial charge in [-0.2, -0.15) is 0 Å². The SMILES string of the molecule is CC(=O)c1c(C)nc(N2C[C@H](C)C[C@H](C)C2)nc1C. The normalized spacial score (nSPS) is 23.5. The summed E-state index contributed by atoms with van der Waals surface area (Å²) in [5.41, 5.74) is 2.25. The molecule has 19 heavy (non-hydrogen) atoms. The molecule has 1 aliphatic heterocycles. The van der Waals surface area contributed by atoms with Gasteiger partial charge in [-0.15, -0.1) is 0 Å². The molecule has 0 bridgehead atoms. The maximum absolute atomic E-state index is 11.6. The van der Waals surface area contributed by atoms with Crippen LogP contribution in [-0.2, 0) is 0 Å². The summed E-state index contributed by atoms with van der Waals surface area (Å²) in [6.07, 6.45) is 1.26. The molecule has 2 atom stereocenters. The second kappa shape index (κ2) is 5.27. The first-order chi connectivity index (χ1) is 8.88. The molecule has 0 amide bonds. The molecule has 0 saturated carbocycles. The van der Waals surface area contributed by atoms with Crippen LogP contribution >= 0.6 is 0 Å². The van der Waals surface area contributed by atoms with Gasteiger partial charge in [-0.1, -0.05) is 13.8 Å². The predicted octanol–water partition coefficient (Wildman–Crippen LogP) is 2.78. The van der Waals surface area contributed by atoms with Crippen LogP contribution in [0.4, 0.5) is 5.95 Å². The quantitative estimate of drug-likeness (QED) is 0.768. The van der Waals surface area contributed by atoms with Crippen molar-refractivity contribution < 1.29 is 4.79 Å². The zero-order chi connectivity index (χ0) is 14.2. The maximum atomic E-state index is 11.6. The fourth-order valence-corrected chi connectivity index (χ4v) is 3.18. The van der Waals surface area contributed by atoms with Crippen molar-refractivity contribution in [2.45, 2.75) is 41.0 Å². The standard InChI is InChI=1S/C15H23N3O/c1-9-6-10(2)8-18(7-9)15-16-11(3)14(13(5)19)12(4)17-15/h9-10H,6-8H2,1-5H3/t9-,10+. The Morgan fingerprint density at radius 3 is 2.00 bits per heavy atom. The summed E-state index contributed by atoms with van der Waals surface area (Å²) in [5.74, 6) is 2.15. The van der Waals surface area contributed by atoms with Gasteiger partial charge in [-0.05, 0) is 39.0 Å². The fourth-order valence-electron chi connectivity index (χ4n) is 3.18. The summed E-state index contributed by atoms with van der Waals surface area (Å²) in [6, 6.07) is 0. The fraction of sp³-hybridized carbons (Fsp3) is 0.667. The Morgan fingerprint density at radius 2 is 1.58 bits per heavy atom. The van der Waals surface area contributed by atoms with E-state index in [1.54, 1.807) is 6.92 Å². The van der Waals surface area contributed by atoms with Gasteiger partial charge in [0.15, 0.2) is 5.78 Å². The average molecular weight is 261 g/mol. The minimum absolute atomic E-state index is 0.0435. The highest BCUT2D eigenvalue weighted by Crippen LogP contribution is 2.25. The third kappa shape index (κ3) is 2.94. The zero-order valence-electron chi connectivity index (χ0n) is 12.5. The number of aromatic nitrogens is 2. The Hall–Kier alpha value is -1.45. The molecule has 2 heterocycles. The van der Waals surface area contributed by atoms with Crippen molar-refractivity contribution in [1.82, 2.24) is 9.97 Å². The van der Waals surface area contributed by atoms with Crippen LogP contribution in [0.1, 0.15) is 48.9 Å². The van der Waals surface area contributed by atoms with E-state index in [2.05, 4.69) is 28.7 Å². The third-order valence-corrected chi connectivity index (χ3v) is 3.76. The highest BCUT2D eigenvalue weighted by atomic mass is 16.1. The molecular formula is C15H23N3O. The van der Waals surface area contributed by atoms with Gasteiger partial charge >= 0.3 is 0 Å². The van der Waals surface area contributed by atoms with Gasteiger partial charge in [-0.3, -0.25) is 4.79 Å². The summed E-state index contributed by atoms with van der Waals surface area (Å²) in [6.45, 7) is 11.9. The Balaban J connectivity index is 2.33. The molecule has 4 heteroatoms. The van der Waals surface area contributed by atoms with Gasteiger partial charge in [0.2, 0.25) is 5.95 Å². The van der Waals surface area contributed by atoms with Crippen molar-refractivity contribution in [3.8, 4) is 0 Å². The molecule has 4 nitrogen and oxygen atoms in total. The van der Waals surface area contributed by atoms with Gasteiger partial charge in [0, 0.05) is 13.1 Å². The number of nitrogens with zero attached hydrogens (tertiary/aromatic N) is 3. The van der Waals surface area contributed by atoms with Crippen molar-refractivity contribution in [3.05, 3.63) is 17.0 Å². The Bertz CT molecular complexity index is 465. The largest absolute Gasteiger partial charge is 0.340 e. The number of rotatable bonds is 2. The molecule has 0 aliphatic carbocycles. The Morgan fingerprint density at radius 1 is 1.11 bits per heavy atom. The van der Waals surface area contributed by atoms with Crippen LogP contribution in [-0.4, -0.2) is 28.8 Å². The zero-order valence-corrected chi connectivity index (χ0v) is 12.5. The van der Waals surface area contributed by atoms with E-state index in [4.69, 9.17) is 0 Å². The molecule has 104 valence electrons. The van der Waals surface area contributed by atoms with Crippen LogP contribution in [0, 0.1) is 25.7 Å². The van der Waals surface area contributed by atoms with E-state index in [0.29, 0.717) is 17.4 Å². The van der Waals surface area contributed by atoms with Crippen molar-refractivity contribution in [1.29, 1.82) is 0 Å². The lowest BCUT2D eigenvalue weighted by Crippen LogP contribution is -2.40. The van der Waals surface area contributed by atoms with Crippen LogP contribution < -0.4 is 4.90 Å². The van der Waals surface area contributed by atoms with E-state index < -0.39 is 0 Å². The van der Waals surface area contributed by atoms with Gasteiger partial charge in [0.05, 0.1) is 17.0 Å². The summed E-state index contributed by atoms with van der Waals surface area (Å²) in [7, 11) is 0. The molecule has 0 spiro atoms. The molecule has 0 unspecified atom stereocenters. The molecule has 1 aliphatic rings.